The number of urea groups is 1. The zero-order valence-corrected chi connectivity index (χ0v) is 37.6. The van der Waals surface area contributed by atoms with E-state index in [1.165, 1.54) is 0 Å². The van der Waals surface area contributed by atoms with Crippen LogP contribution in [0.25, 0.3) is 0 Å². The van der Waals surface area contributed by atoms with Crippen molar-refractivity contribution in [3.8, 4) is 17.6 Å². The van der Waals surface area contributed by atoms with E-state index in [-0.39, 0.29) is 29.7 Å². The van der Waals surface area contributed by atoms with Gasteiger partial charge in [-0.3, -0.25) is 34.5 Å². The number of carbonyl (C=O) groups is 4. The van der Waals surface area contributed by atoms with Crippen molar-refractivity contribution in [2.45, 2.75) is 83.5 Å². The van der Waals surface area contributed by atoms with Gasteiger partial charge in [0.25, 0.3) is 5.91 Å². The van der Waals surface area contributed by atoms with Gasteiger partial charge in [-0.05, 0) is 103 Å². The first-order chi connectivity index (χ1) is 30.3. The molecule has 13 heteroatoms. The van der Waals surface area contributed by atoms with Crippen LogP contribution in [0.4, 0.5) is 4.79 Å². The summed E-state index contributed by atoms with van der Waals surface area (Å²) in [7, 11) is 0. The van der Waals surface area contributed by atoms with Crippen molar-refractivity contribution < 1.29 is 23.9 Å². The van der Waals surface area contributed by atoms with Crippen molar-refractivity contribution in [3.05, 3.63) is 134 Å². The predicted molar refractivity (Wildman–Crippen MR) is 245 cm³/mol. The molecule has 4 aromatic rings. The minimum absolute atomic E-state index is 0.117. The molecule has 1 N–H and O–H groups in total. The van der Waals surface area contributed by atoms with Crippen LogP contribution in [0, 0.1) is 11.8 Å². The zero-order valence-electron chi connectivity index (χ0n) is 36.1. The highest BCUT2D eigenvalue weighted by molar-refractivity contribution is 6.30. The number of amides is 5. The third kappa shape index (κ3) is 9.35. The maximum Gasteiger partial charge on any atom is 0.326 e. The Hall–Kier alpha value is -5.67. The number of halogens is 2. The summed E-state index contributed by atoms with van der Waals surface area (Å²) in [6.45, 7) is 12.5. The number of rotatable bonds is 9. The molecule has 0 bridgehead atoms. The fraction of sp³-hybridized carbons (Fsp3) is 0.380. The molecule has 11 nitrogen and oxygen atoms in total. The van der Waals surface area contributed by atoms with E-state index in [9.17, 15) is 14.4 Å². The fourth-order valence-electron chi connectivity index (χ4n) is 8.87. The minimum atomic E-state index is -0.667. The molecule has 2 saturated heterocycles. The Bertz CT molecular complexity index is 2500. The number of piperazine rings is 1. The lowest BCUT2D eigenvalue weighted by Gasteiger charge is -2.39. The van der Waals surface area contributed by atoms with Crippen LogP contribution >= 0.6 is 23.2 Å². The second-order valence-electron chi connectivity index (χ2n) is 17.5. The van der Waals surface area contributed by atoms with E-state index in [0.29, 0.717) is 79.4 Å². The summed E-state index contributed by atoms with van der Waals surface area (Å²) in [6, 6.07) is 25.4. The molecule has 1 unspecified atom stereocenters. The number of nitrogens with one attached hydrogen (secondary N) is 1. The van der Waals surface area contributed by atoms with Gasteiger partial charge in [0.1, 0.15) is 23.7 Å². The number of carbonyl (C=O) groups excluding carboxylic acids is 4. The largest absolute Gasteiger partial charge is 0.493 e. The van der Waals surface area contributed by atoms with Gasteiger partial charge in [-0.25, -0.2) is 4.79 Å². The molecule has 4 heterocycles. The van der Waals surface area contributed by atoms with Gasteiger partial charge in [-0.15, -0.1) is 0 Å². The van der Waals surface area contributed by atoms with Crippen LogP contribution < -0.4 is 10.1 Å². The third-order valence-corrected chi connectivity index (χ3v) is 12.8. The van der Waals surface area contributed by atoms with E-state index >= 15 is 4.79 Å². The molecule has 4 aromatic carbocycles. The third-order valence-electron chi connectivity index (χ3n) is 12.3. The maximum atomic E-state index is 15.1. The highest BCUT2D eigenvalue weighted by Gasteiger charge is 2.45. The molecular weight excluding hydrogens is 835 g/mol. The number of aliphatic imine (C=N–C) groups is 1. The van der Waals surface area contributed by atoms with E-state index in [0.717, 1.165) is 46.3 Å². The zero-order chi connectivity index (χ0) is 44.4. The lowest BCUT2D eigenvalue weighted by Crippen LogP contribution is -2.54. The van der Waals surface area contributed by atoms with Gasteiger partial charge in [0, 0.05) is 66.7 Å². The maximum absolute atomic E-state index is 15.1. The molecule has 0 radical (unpaired) electrons. The molecular formula is C50H52Cl2N6O5. The van der Waals surface area contributed by atoms with Crippen molar-refractivity contribution in [1.82, 2.24) is 24.9 Å². The lowest BCUT2D eigenvalue weighted by atomic mass is 9.86. The van der Waals surface area contributed by atoms with Crippen molar-refractivity contribution >= 4 is 52.8 Å². The number of hydrogen-bond acceptors (Lipinski definition) is 7. The van der Waals surface area contributed by atoms with Gasteiger partial charge >= 0.3 is 6.03 Å². The number of unbranched alkanes of at least 4 members (excludes halogenated alkanes) is 1. The van der Waals surface area contributed by atoms with Crippen LogP contribution in [0.15, 0.2) is 89.9 Å². The van der Waals surface area contributed by atoms with Crippen LogP contribution in [0.2, 0.25) is 10.0 Å². The topological polar surface area (TPSA) is 115 Å². The Morgan fingerprint density at radius 1 is 0.889 bits per heavy atom. The first-order valence-corrected chi connectivity index (χ1v) is 22.5. The normalized spacial score (nSPS) is 20.3. The molecule has 326 valence electrons. The molecule has 4 aliphatic heterocycles. The fourth-order valence-corrected chi connectivity index (χ4v) is 9.12. The Labute approximate surface area is 379 Å². The Morgan fingerprint density at radius 2 is 1.59 bits per heavy atom. The Morgan fingerprint density at radius 3 is 2.25 bits per heavy atom. The van der Waals surface area contributed by atoms with Crippen LogP contribution in [0.3, 0.4) is 0 Å². The summed E-state index contributed by atoms with van der Waals surface area (Å²) >= 11 is 12.8. The summed E-state index contributed by atoms with van der Waals surface area (Å²) in [5.74, 6) is 6.88. The number of amidine groups is 1. The standard InChI is InChI=1S/C50H52Cl2N6O5/c1-5-63-42-30-35(50(2,3)4)17-22-39(42)46-54-44(33-13-18-36(51)19-14-33)45(34-15-20-37(52)21-16-34)58(46)49(62)56-28-26-55(27-29-56)25-8-6-7-10-32-11-9-12-38-40(32)31-57(48(38)61)41-23-24-43(59)53-47(41)60/h9,11-22,30,41,44-45H,5-6,8,23-29,31H2,1-4H3,(H,53,59,60)/t41?,44-,45+/m0/s1. The molecule has 0 spiro atoms. The van der Waals surface area contributed by atoms with Crippen molar-refractivity contribution in [2.24, 2.45) is 4.99 Å². The highest BCUT2D eigenvalue weighted by Crippen LogP contribution is 2.46. The van der Waals surface area contributed by atoms with E-state index in [4.69, 9.17) is 32.9 Å². The van der Waals surface area contributed by atoms with Gasteiger partial charge in [0.05, 0.1) is 18.2 Å². The first-order valence-electron chi connectivity index (χ1n) is 21.7. The van der Waals surface area contributed by atoms with Gasteiger partial charge in [0.2, 0.25) is 11.8 Å². The minimum Gasteiger partial charge on any atom is -0.493 e. The molecule has 63 heavy (non-hydrogen) atoms. The summed E-state index contributed by atoms with van der Waals surface area (Å²) < 4.78 is 6.30. The highest BCUT2D eigenvalue weighted by atomic mass is 35.5. The molecule has 0 aliphatic carbocycles. The SMILES string of the molecule is CCOc1cc(C(C)(C)C)ccc1C1=N[C@@H](c2ccc(Cl)cc2)[C@@H](c2ccc(Cl)cc2)N1C(=O)N1CCN(CCCC#Cc2cccc3c2CN(C2CCC(=O)NC2=O)C3=O)CC1. The molecule has 8 rings (SSSR count). The van der Waals surface area contributed by atoms with Gasteiger partial charge in [-0.1, -0.05) is 92.2 Å². The van der Waals surface area contributed by atoms with Crippen LogP contribution in [-0.2, 0) is 21.5 Å². The van der Waals surface area contributed by atoms with E-state index in [1.54, 1.807) is 11.0 Å². The first kappa shape index (κ1) is 44.0. The molecule has 3 atom stereocenters. The van der Waals surface area contributed by atoms with Crippen LogP contribution in [-0.4, -0.2) is 94.6 Å². The smallest absolute Gasteiger partial charge is 0.326 e. The van der Waals surface area contributed by atoms with Gasteiger partial charge < -0.3 is 14.5 Å². The van der Waals surface area contributed by atoms with E-state index < -0.39 is 24.0 Å². The van der Waals surface area contributed by atoms with Gasteiger partial charge in [0.15, 0.2) is 0 Å². The number of imide groups is 1. The average Bonchev–Trinajstić information content (AvgIpc) is 3.82. The Balaban J connectivity index is 0.974. The van der Waals surface area contributed by atoms with Crippen LogP contribution in [0.1, 0.15) is 109 Å². The van der Waals surface area contributed by atoms with Crippen molar-refractivity contribution in [2.75, 3.05) is 39.3 Å². The predicted octanol–water partition coefficient (Wildman–Crippen LogP) is 8.56. The second-order valence-corrected chi connectivity index (χ2v) is 18.3. The van der Waals surface area contributed by atoms with Crippen LogP contribution in [0.5, 0.6) is 5.75 Å². The number of fused-ring (bicyclic) bond motifs is 1. The molecule has 4 aliphatic rings. The number of nitrogens with zero attached hydrogens (tertiary/aromatic N) is 5. The van der Waals surface area contributed by atoms with E-state index in [1.807, 2.05) is 83.5 Å². The van der Waals surface area contributed by atoms with Gasteiger partial charge in [-0.2, -0.15) is 0 Å². The monoisotopic (exact) mass is 886 g/mol. The number of benzene rings is 4. The summed E-state index contributed by atoms with van der Waals surface area (Å²) in [5, 5.41) is 3.59. The van der Waals surface area contributed by atoms with E-state index in [2.05, 4.69) is 55.0 Å². The summed E-state index contributed by atoms with van der Waals surface area (Å²) in [5.41, 5.74) is 5.76. The summed E-state index contributed by atoms with van der Waals surface area (Å²) in [4.78, 5) is 65.7. The lowest BCUT2D eigenvalue weighted by molar-refractivity contribution is -0.136. The second kappa shape index (κ2) is 18.6. The van der Waals surface area contributed by atoms with Crippen molar-refractivity contribution in [3.63, 3.8) is 0 Å². The molecule has 0 aromatic heterocycles. The molecule has 5 amide bonds. The molecule has 2 fully saturated rings. The van der Waals surface area contributed by atoms with Crippen molar-refractivity contribution in [1.29, 1.82) is 0 Å². The number of ether oxygens (including phenoxy) is 1. The Kier molecular flexibility index (Phi) is 13.0. The average molecular weight is 888 g/mol. The molecule has 0 saturated carbocycles. The number of hydrogen-bond donors (Lipinski definition) is 1. The quantitative estimate of drug-likeness (QED) is 0.102. The number of piperidine rings is 1. The summed E-state index contributed by atoms with van der Waals surface area (Å²) in [6.07, 6.45) is 2.03.